The number of hydrogen-bond acceptors (Lipinski definition) is 3. The molecule has 15 heavy (non-hydrogen) atoms. The monoisotopic (exact) mass is 212 g/mol. The van der Waals surface area contributed by atoms with Crippen LogP contribution in [-0.4, -0.2) is 30.8 Å². The molecule has 0 aliphatic rings. The Balaban J connectivity index is 2.73. The third kappa shape index (κ3) is 3.49. The van der Waals surface area contributed by atoms with Crippen molar-refractivity contribution < 1.29 is 9.50 Å². The molecule has 1 aromatic carbocycles. The molecule has 1 atom stereocenters. The molecule has 3 nitrogen and oxygen atoms in total. The van der Waals surface area contributed by atoms with E-state index >= 15 is 0 Å². The van der Waals surface area contributed by atoms with Gasteiger partial charge in [0.15, 0.2) is 0 Å². The second kappa shape index (κ2) is 4.59. The second-order valence-corrected chi connectivity index (χ2v) is 4.04. The molecule has 4 heteroatoms. The smallest absolute Gasteiger partial charge is 0.125 e. The van der Waals surface area contributed by atoms with Gasteiger partial charge in [-0.25, -0.2) is 4.39 Å². The molecular weight excluding hydrogens is 195 g/mol. The Morgan fingerprint density at radius 3 is 2.73 bits per heavy atom. The van der Waals surface area contributed by atoms with E-state index in [9.17, 15) is 9.50 Å². The van der Waals surface area contributed by atoms with Crippen LogP contribution < -0.4 is 10.6 Å². The zero-order valence-corrected chi connectivity index (χ0v) is 9.07. The van der Waals surface area contributed by atoms with Crippen LogP contribution >= 0.6 is 0 Å². The van der Waals surface area contributed by atoms with Gasteiger partial charge in [-0.3, -0.25) is 0 Å². The van der Waals surface area contributed by atoms with Crippen LogP contribution in [0.4, 0.5) is 10.1 Å². The van der Waals surface area contributed by atoms with Crippen LogP contribution in [-0.2, 0) is 0 Å². The highest BCUT2D eigenvalue weighted by Crippen LogP contribution is 2.16. The van der Waals surface area contributed by atoms with Crippen LogP contribution in [0.15, 0.2) is 24.3 Å². The van der Waals surface area contributed by atoms with E-state index < -0.39 is 5.60 Å². The van der Waals surface area contributed by atoms with Gasteiger partial charge in [-0.05, 0) is 25.1 Å². The van der Waals surface area contributed by atoms with E-state index in [1.807, 2.05) is 0 Å². The predicted molar refractivity (Wildman–Crippen MR) is 59.3 cm³/mol. The van der Waals surface area contributed by atoms with E-state index in [0.717, 1.165) is 5.69 Å². The molecule has 84 valence electrons. The molecule has 0 saturated heterocycles. The maximum atomic E-state index is 12.9. The number of halogens is 1. The van der Waals surface area contributed by atoms with Crippen LogP contribution in [0.25, 0.3) is 0 Å². The van der Waals surface area contributed by atoms with Crippen LogP contribution in [0.3, 0.4) is 0 Å². The minimum absolute atomic E-state index is 0.173. The van der Waals surface area contributed by atoms with Crippen LogP contribution in [0, 0.1) is 5.82 Å². The molecule has 1 rings (SSSR count). The summed E-state index contributed by atoms with van der Waals surface area (Å²) in [4.78, 5) is 1.77. The zero-order chi connectivity index (χ0) is 11.5. The molecule has 0 spiro atoms. The fourth-order valence-electron chi connectivity index (χ4n) is 1.38. The minimum atomic E-state index is -0.957. The van der Waals surface area contributed by atoms with Gasteiger partial charge in [-0.1, -0.05) is 6.07 Å². The lowest BCUT2D eigenvalue weighted by molar-refractivity contribution is 0.0772. The number of rotatable bonds is 4. The average molecular weight is 212 g/mol. The van der Waals surface area contributed by atoms with Gasteiger partial charge in [0.2, 0.25) is 0 Å². The number of aliphatic hydroxyl groups is 1. The molecule has 0 bridgehead atoms. The molecule has 0 aliphatic carbocycles. The van der Waals surface area contributed by atoms with Gasteiger partial charge < -0.3 is 15.7 Å². The lowest BCUT2D eigenvalue weighted by Gasteiger charge is -2.29. The van der Waals surface area contributed by atoms with E-state index in [1.54, 1.807) is 31.0 Å². The number of nitrogens with zero attached hydrogens (tertiary/aromatic N) is 1. The van der Waals surface area contributed by atoms with E-state index in [2.05, 4.69) is 0 Å². The Kier molecular flexibility index (Phi) is 3.66. The van der Waals surface area contributed by atoms with Crippen molar-refractivity contribution in [2.75, 3.05) is 25.0 Å². The normalized spacial score (nSPS) is 14.7. The van der Waals surface area contributed by atoms with Crippen LogP contribution in [0.5, 0.6) is 0 Å². The lowest BCUT2D eigenvalue weighted by atomic mass is 10.1. The zero-order valence-electron chi connectivity index (χ0n) is 9.07. The third-order valence-corrected chi connectivity index (χ3v) is 2.27. The fraction of sp³-hybridized carbons (Fsp3) is 0.455. The van der Waals surface area contributed by atoms with Gasteiger partial charge in [0.25, 0.3) is 0 Å². The number of likely N-dealkylation sites (N-methyl/N-ethyl adjacent to an activating group) is 1. The Hall–Kier alpha value is -1.13. The van der Waals surface area contributed by atoms with Gasteiger partial charge in [-0.15, -0.1) is 0 Å². The Morgan fingerprint density at radius 1 is 1.53 bits per heavy atom. The van der Waals surface area contributed by atoms with Crippen LogP contribution in [0.1, 0.15) is 6.92 Å². The van der Waals surface area contributed by atoms with Crippen molar-refractivity contribution in [2.45, 2.75) is 12.5 Å². The SMILES string of the molecule is CN(CC(C)(O)CN)c1cccc(F)c1. The first-order valence-corrected chi connectivity index (χ1v) is 4.84. The van der Waals surface area contributed by atoms with Crippen molar-refractivity contribution in [3.8, 4) is 0 Å². The molecule has 0 aromatic heterocycles. The Morgan fingerprint density at radius 2 is 2.20 bits per heavy atom. The molecule has 1 unspecified atom stereocenters. The molecule has 1 aromatic rings. The van der Waals surface area contributed by atoms with E-state index in [-0.39, 0.29) is 12.4 Å². The topological polar surface area (TPSA) is 49.5 Å². The molecular formula is C11H17FN2O. The van der Waals surface area contributed by atoms with Crippen molar-refractivity contribution in [1.29, 1.82) is 0 Å². The standard InChI is InChI=1S/C11H17FN2O/c1-11(15,7-13)8-14(2)10-5-3-4-9(12)6-10/h3-6,15H,7-8,13H2,1-2H3. The summed E-state index contributed by atoms with van der Waals surface area (Å²) < 4.78 is 12.9. The first kappa shape index (κ1) is 11.9. The lowest BCUT2D eigenvalue weighted by Crippen LogP contribution is -2.44. The summed E-state index contributed by atoms with van der Waals surface area (Å²) >= 11 is 0. The van der Waals surface area contributed by atoms with Crippen molar-refractivity contribution >= 4 is 5.69 Å². The fourth-order valence-corrected chi connectivity index (χ4v) is 1.38. The highest BCUT2D eigenvalue weighted by atomic mass is 19.1. The van der Waals surface area contributed by atoms with E-state index in [0.29, 0.717) is 6.54 Å². The van der Waals surface area contributed by atoms with Crippen molar-refractivity contribution in [1.82, 2.24) is 0 Å². The predicted octanol–water partition coefficient (Wildman–Crippen LogP) is 0.972. The van der Waals surface area contributed by atoms with Crippen molar-refractivity contribution in [3.63, 3.8) is 0 Å². The van der Waals surface area contributed by atoms with Gasteiger partial charge in [0, 0.05) is 25.8 Å². The summed E-state index contributed by atoms with van der Waals surface area (Å²) in [5.41, 5.74) is 5.18. The van der Waals surface area contributed by atoms with E-state index in [4.69, 9.17) is 5.73 Å². The second-order valence-electron chi connectivity index (χ2n) is 4.04. The highest BCUT2D eigenvalue weighted by molar-refractivity contribution is 5.45. The number of nitrogens with two attached hydrogens (primary N) is 1. The van der Waals surface area contributed by atoms with Gasteiger partial charge in [-0.2, -0.15) is 0 Å². The molecule has 0 saturated carbocycles. The third-order valence-electron chi connectivity index (χ3n) is 2.27. The summed E-state index contributed by atoms with van der Waals surface area (Å²) in [6, 6.07) is 6.24. The van der Waals surface area contributed by atoms with Crippen molar-refractivity contribution in [3.05, 3.63) is 30.1 Å². The minimum Gasteiger partial charge on any atom is -0.387 e. The summed E-state index contributed by atoms with van der Waals surface area (Å²) in [5.74, 6) is -0.285. The van der Waals surface area contributed by atoms with Gasteiger partial charge >= 0.3 is 0 Å². The highest BCUT2D eigenvalue weighted by Gasteiger charge is 2.20. The van der Waals surface area contributed by atoms with Crippen molar-refractivity contribution in [2.24, 2.45) is 5.73 Å². The van der Waals surface area contributed by atoms with Crippen LogP contribution in [0.2, 0.25) is 0 Å². The Bertz CT molecular complexity index is 328. The Labute approximate surface area is 89.3 Å². The number of hydrogen-bond donors (Lipinski definition) is 2. The maximum Gasteiger partial charge on any atom is 0.125 e. The molecule has 0 heterocycles. The van der Waals surface area contributed by atoms with E-state index in [1.165, 1.54) is 12.1 Å². The average Bonchev–Trinajstić information content (AvgIpc) is 2.17. The maximum absolute atomic E-state index is 12.9. The van der Waals surface area contributed by atoms with Gasteiger partial charge in [0.05, 0.1) is 5.60 Å². The summed E-state index contributed by atoms with van der Waals surface area (Å²) in [7, 11) is 1.79. The summed E-state index contributed by atoms with van der Waals surface area (Å²) in [6.07, 6.45) is 0. The number of benzene rings is 1. The molecule has 0 amide bonds. The quantitative estimate of drug-likeness (QED) is 0.782. The molecule has 3 N–H and O–H groups in total. The molecule has 0 radical (unpaired) electrons. The first-order valence-electron chi connectivity index (χ1n) is 4.84. The molecule has 0 aliphatic heterocycles. The first-order chi connectivity index (χ1) is 6.94. The summed E-state index contributed by atoms with van der Waals surface area (Å²) in [5, 5.41) is 9.76. The number of anilines is 1. The summed E-state index contributed by atoms with van der Waals surface area (Å²) in [6.45, 7) is 2.20. The largest absolute Gasteiger partial charge is 0.387 e. The van der Waals surface area contributed by atoms with Gasteiger partial charge in [0.1, 0.15) is 5.82 Å². The molecule has 0 fully saturated rings.